The molecule has 4 bridgehead atoms. The number of urea groups is 2. The second kappa shape index (κ2) is 12.9. The molecule has 4 heterocycles. The molecule has 248 valence electrons. The van der Waals surface area contributed by atoms with Crippen molar-refractivity contribution in [2.24, 2.45) is 0 Å². The monoisotopic (exact) mass is 624 g/mol. The maximum absolute atomic E-state index is 12.3. The van der Waals surface area contributed by atoms with Gasteiger partial charge >= 0.3 is 24.2 Å². The normalized spacial score (nSPS) is 24.3. The fourth-order valence-corrected chi connectivity index (χ4v) is 5.45. The molecule has 4 aliphatic rings. The molecule has 4 atom stereocenters. The van der Waals surface area contributed by atoms with Crippen molar-refractivity contribution in [1.82, 2.24) is 40.5 Å². The number of amides is 8. The molecule has 4 aliphatic heterocycles. The van der Waals surface area contributed by atoms with E-state index < -0.39 is 35.5 Å². The first-order valence-corrected chi connectivity index (χ1v) is 14.8. The third kappa shape index (κ3) is 8.14. The summed E-state index contributed by atoms with van der Waals surface area (Å²) in [4.78, 5) is 79.0. The molecule has 4 rings (SSSR count). The van der Waals surface area contributed by atoms with Gasteiger partial charge < -0.3 is 29.1 Å². The molecule has 16 nitrogen and oxygen atoms in total. The number of nitrogens with zero attached hydrogens (tertiary/aromatic N) is 6. The molecule has 0 aromatic rings. The lowest BCUT2D eigenvalue weighted by molar-refractivity contribution is -0.131. The van der Waals surface area contributed by atoms with E-state index in [0.717, 1.165) is 22.9 Å². The zero-order valence-corrected chi connectivity index (χ0v) is 27.5. The highest BCUT2D eigenvalue weighted by Gasteiger charge is 2.46. The van der Waals surface area contributed by atoms with Crippen LogP contribution in [0.25, 0.3) is 0 Å². The molecule has 0 unspecified atom stereocenters. The van der Waals surface area contributed by atoms with Crippen LogP contribution in [0.2, 0.25) is 0 Å². The Morgan fingerprint density at radius 1 is 0.659 bits per heavy atom. The first kappa shape index (κ1) is 34.5. The van der Waals surface area contributed by atoms with Crippen LogP contribution >= 0.6 is 0 Å². The number of hydrogen-bond donors (Lipinski definition) is 2. The molecule has 4 fully saturated rings. The zero-order chi connectivity index (χ0) is 33.3. The van der Waals surface area contributed by atoms with Gasteiger partial charge in [-0.3, -0.25) is 20.4 Å². The Balaban J connectivity index is 0.000000240. The number of likely N-dealkylation sites (N-methyl/N-ethyl adjacent to an activating group) is 2. The lowest BCUT2D eigenvalue weighted by Gasteiger charge is -2.31. The number of hydrogen-bond acceptors (Lipinski definition) is 8. The Labute approximate surface area is 258 Å². The van der Waals surface area contributed by atoms with E-state index in [2.05, 4.69) is 10.9 Å². The van der Waals surface area contributed by atoms with Gasteiger partial charge in [-0.05, 0) is 67.2 Å². The van der Waals surface area contributed by atoms with E-state index in [9.17, 15) is 28.8 Å². The van der Waals surface area contributed by atoms with Crippen molar-refractivity contribution in [3.05, 3.63) is 0 Å². The summed E-state index contributed by atoms with van der Waals surface area (Å²) in [6.07, 6.45) is 1.47. The van der Waals surface area contributed by atoms with Gasteiger partial charge in [-0.15, -0.1) is 0 Å². The summed E-state index contributed by atoms with van der Waals surface area (Å²) in [5, 5.41) is 2.04. The lowest BCUT2D eigenvalue weighted by atomic mass is 10.0. The van der Waals surface area contributed by atoms with Crippen molar-refractivity contribution in [2.45, 2.75) is 103 Å². The van der Waals surface area contributed by atoms with E-state index in [1.165, 1.54) is 14.1 Å². The number of hydrazine groups is 2. The smallest absolute Gasteiger partial charge is 0.428 e. The van der Waals surface area contributed by atoms with E-state index in [4.69, 9.17) is 9.47 Å². The van der Waals surface area contributed by atoms with E-state index in [1.807, 2.05) is 0 Å². The van der Waals surface area contributed by atoms with Gasteiger partial charge in [0, 0.05) is 41.3 Å². The molecule has 0 aromatic heterocycles. The summed E-state index contributed by atoms with van der Waals surface area (Å²) in [6.45, 7) is 11.6. The van der Waals surface area contributed by atoms with Crippen LogP contribution in [-0.4, -0.2) is 142 Å². The number of rotatable bonds is 2. The average Bonchev–Trinajstić information content (AvgIpc) is 3.26. The van der Waals surface area contributed by atoms with Gasteiger partial charge in [-0.1, -0.05) is 0 Å². The van der Waals surface area contributed by atoms with Crippen LogP contribution in [0.4, 0.5) is 19.2 Å². The predicted octanol–water partition coefficient (Wildman–Crippen LogP) is 1.57. The summed E-state index contributed by atoms with van der Waals surface area (Å²) in [7, 11) is 6.35. The fourth-order valence-electron chi connectivity index (χ4n) is 5.45. The van der Waals surface area contributed by atoms with Crippen LogP contribution < -0.4 is 10.9 Å². The Morgan fingerprint density at radius 2 is 0.977 bits per heavy atom. The second-order valence-electron chi connectivity index (χ2n) is 13.6. The minimum atomic E-state index is -0.639. The average molecular weight is 625 g/mol. The SMILES string of the molecule is CN(NC(=O)[C@@H]1CC[C@@H]2CN1C(=O)N2C)C(=O)OC(C)(C)C.CN(NC(=O)[C@@H]1CC[C@@H]2CN1C(=O)N2C)C(=O)OC(C)(C)C. The van der Waals surface area contributed by atoms with Crippen molar-refractivity contribution >= 4 is 36.1 Å². The number of piperidine rings is 2. The van der Waals surface area contributed by atoms with Crippen molar-refractivity contribution < 1.29 is 38.2 Å². The Hall–Kier alpha value is -3.98. The number of carbonyl (C=O) groups is 6. The van der Waals surface area contributed by atoms with Gasteiger partial charge in [-0.25, -0.2) is 29.2 Å². The van der Waals surface area contributed by atoms with Crippen molar-refractivity contribution in [2.75, 3.05) is 41.3 Å². The number of nitrogens with one attached hydrogen (secondary N) is 2. The summed E-state index contributed by atoms with van der Waals surface area (Å²) in [5.41, 5.74) is 3.72. The fraction of sp³-hybridized carbons (Fsp3) is 0.786. The molecule has 44 heavy (non-hydrogen) atoms. The maximum atomic E-state index is 12.3. The minimum Gasteiger partial charge on any atom is -0.442 e. The highest BCUT2D eigenvalue weighted by Crippen LogP contribution is 2.29. The lowest BCUT2D eigenvalue weighted by Crippen LogP contribution is -2.55. The van der Waals surface area contributed by atoms with Crippen molar-refractivity contribution in [3.8, 4) is 0 Å². The van der Waals surface area contributed by atoms with Gasteiger partial charge in [-0.2, -0.15) is 0 Å². The number of ether oxygens (including phenoxy) is 2. The summed E-state index contributed by atoms with van der Waals surface area (Å²) in [6, 6.07) is -0.998. The van der Waals surface area contributed by atoms with Gasteiger partial charge in [0.15, 0.2) is 0 Å². The van der Waals surface area contributed by atoms with Gasteiger partial charge in [0.05, 0.1) is 12.1 Å². The Morgan fingerprint density at radius 3 is 1.27 bits per heavy atom. The standard InChI is InChI=1S/2C14H24N4O4/c2*1-14(2,3)22-13(21)17(5)15-11(19)10-7-6-9-8-18(10)12(20)16(9)4/h2*9-10H,6-8H2,1-5H3,(H,15,19)/t2*9-,10+/m11/s1. The van der Waals surface area contributed by atoms with Crippen molar-refractivity contribution in [3.63, 3.8) is 0 Å². The van der Waals surface area contributed by atoms with E-state index >= 15 is 0 Å². The molecular formula is C28H48N8O8. The highest BCUT2D eigenvalue weighted by molar-refractivity contribution is 5.90. The Kier molecular flexibility index (Phi) is 10.1. The largest absolute Gasteiger partial charge is 0.442 e. The van der Waals surface area contributed by atoms with Crippen LogP contribution in [-0.2, 0) is 19.1 Å². The van der Waals surface area contributed by atoms with Crippen LogP contribution in [0, 0.1) is 0 Å². The molecule has 0 aliphatic carbocycles. The maximum Gasteiger partial charge on any atom is 0.428 e. The van der Waals surface area contributed by atoms with Crippen LogP contribution in [0.1, 0.15) is 67.2 Å². The molecule has 0 aromatic carbocycles. The molecule has 0 spiro atoms. The molecule has 2 N–H and O–H groups in total. The highest BCUT2D eigenvalue weighted by atomic mass is 16.6. The number of fused-ring (bicyclic) bond motifs is 4. The minimum absolute atomic E-state index is 0.137. The first-order chi connectivity index (χ1) is 20.2. The van der Waals surface area contributed by atoms with Crippen LogP contribution in [0.15, 0.2) is 0 Å². The molecule has 16 heteroatoms. The summed E-state index contributed by atoms with van der Waals surface area (Å²) < 4.78 is 10.3. The van der Waals surface area contributed by atoms with Gasteiger partial charge in [0.1, 0.15) is 23.3 Å². The predicted molar refractivity (Wildman–Crippen MR) is 158 cm³/mol. The topological polar surface area (TPSA) is 164 Å². The second-order valence-corrected chi connectivity index (χ2v) is 13.6. The summed E-state index contributed by atoms with van der Waals surface area (Å²) in [5.74, 6) is -0.731. The van der Waals surface area contributed by atoms with E-state index in [0.29, 0.717) is 25.9 Å². The third-order valence-corrected chi connectivity index (χ3v) is 7.80. The van der Waals surface area contributed by atoms with Crippen LogP contribution in [0.3, 0.4) is 0 Å². The Bertz CT molecular complexity index is 1060. The van der Waals surface area contributed by atoms with Gasteiger partial charge in [0.25, 0.3) is 11.8 Å². The zero-order valence-electron chi connectivity index (χ0n) is 27.5. The summed E-state index contributed by atoms with van der Waals surface area (Å²) >= 11 is 0. The van der Waals surface area contributed by atoms with Crippen molar-refractivity contribution in [1.29, 1.82) is 0 Å². The third-order valence-electron chi connectivity index (χ3n) is 7.80. The van der Waals surface area contributed by atoms with E-state index in [1.54, 1.807) is 75.2 Å². The quantitative estimate of drug-likeness (QED) is 0.437. The van der Waals surface area contributed by atoms with Gasteiger partial charge in [0.2, 0.25) is 0 Å². The molecule has 4 saturated heterocycles. The molecule has 0 radical (unpaired) electrons. The van der Waals surface area contributed by atoms with E-state index in [-0.39, 0.29) is 36.0 Å². The number of carbonyl (C=O) groups excluding carboxylic acids is 6. The first-order valence-electron chi connectivity index (χ1n) is 14.8. The van der Waals surface area contributed by atoms with Crippen LogP contribution in [0.5, 0.6) is 0 Å². The molecular weight excluding hydrogens is 576 g/mol. The molecule has 8 amide bonds. The molecule has 0 saturated carbocycles.